The molecule has 1 aromatic heterocycles. The molecule has 6 nitrogen and oxygen atoms in total. The number of rotatable bonds is 8. The van der Waals surface area contributed by atoms with Crippen molar-refractivity contribution in [1.29, 1.82) is 0 Å². The van der Waals surface area contributed by atoms with E-state index in [9.17, 15) is 4.79 Å². The maximum Gasteiger partial charge on any atom is 0.273 e. The van der Waals surface area contributed by atoms with E-state index in [2.05, 4.69) is 34.3 Å². The number of likely N-dealkylation sites (N-methyl/N-ethyl adjacent to an activating group) is 1. The van der Waals surface area contributed by atoms with Crippen LogP contribution in [0.1, 0.15) is 30.8 Å². The molecule has 1 aromatic rings. The molecule has 0 saturated heterocycles. The van der Waals surface area contributed by atoms with Gasteiger partial charge in [-0.1, -0.05) is 13.8 Å². The summed E-state index contributed by atoms with van der Waals surface area (Å²) in [6.45, 7) is 8.31. The van der Waals surface area contributed by atoms with Gasteiger partial charge in [0.25, 0.3) is 5.91 Å². The second kappa shape index (κ2) is 8.47. The summed E-state index contributed by atoms with van der Waals surface area (Å²) in [5, 5.41) is 11.2. The number of carbonyl (C=O) groups excluding carboxylic acids is 1. The van der Waals surface area contributed by atoms with Gasteiger partial charge in [-0.15, -0.1) is 10.2 Å². The first-order chi connectivity index (χ1) is 9.58. The first-order valence-electron chi connectivity index (χ1n) is 7.10. The maximum atomic E-state index is 11.7. The van der Waals surface area contributed by atoms with Gasteiger partial charge in [-0.2, -0.15) is 0 Å². The summed E-state index contributed by atoms with van der Waals surface area (Å²) in [5.41, 5.74) is 0.363. The third-order valence-corrected chi connectivity index (χ3v) is 3.01. The van der Waals surface area contributed by atoms with E-state index in [0.717, 1.165) is 32.6 Å². The van der Waals surface area contributed by atoms with E-state index in [0.29, 0.717) is 11.5 Å². The van der Waals surface area contributed by atoms with Gasteiger partial charge < -0.3 is 15.1 Å². The lowest BCUT2D eigenvalue weighted by Gasteiger charge is -2.19. The number of hydrogen-bond donors (Lipinski definition) is 1. The Morgan fingerprint density at radius 1 is 1.20 bits per heavy atom. The van der Waals surface area contributed by atoms with E-state index in [1.165, 1.54) is 4.90 Å². The van der Waals surface area contributed by atoms with Crippen LogP contribution in [0.4, 0.5) is 5.82 Å². The summed E-state index contributed by atoms with van der Waals surface area (Å²) in [5.74, 6) is 0.567. The van der Waals surface area contributed by atoms with Gasteiger partial charge in [0.2, 0.25) is 0 Å². The van der Waals surface area contributed by atoms with Gasteiger partial charge in [0.15, 0.2) is 5.69 Å². The zero-order valence-electron chi connectivity index (χ0n) is 12.9. The van der Waals surface area contributed by atoms with Gasteiger partial charge in [-0.05, 0) is 31.6 Å². The van der Waals surface area contributed by atoms with Crippen molar-refractivity contribution in [2.75, 3.05) is 45.6 Å². The van der Waals surface area contributed by atoms with Crippen molar-refractivity contribution in [2.24, 2.45) is 0 Å². The quantitative estimate of drug-likeness (QED) is 0.777. The third-order valence-electron chi connectivity index (χ3n) is 3.01. The first-order valence-corrected chi connectivity index (χ1v) is 7.10. The number of aromatic nitrogens is 2. The molecule has 0 aliphatic heterocycles. The molecule has 1 amide bonds. The molecule has 0 fully saturated rings. The Morgan fingerprint density at radius 3 is 2.45 bits per heavy atom. The fourth-order valence-electron chi connectivity index (χ4n) is 1.86. The molecule has 1 N–H and O–H groups in total. The van der Waals surface area contributed by atoms with Gasteiger partial charge in [0.05, 0.1) is 0 Å². The van der Waals surface area contributed by atoms with Crippen LogP contribution in [0.3, 0.4) is 0 Å². The van der Waals surface area contributed by atoms with Crippen LogP contribution in [-0.4, -0.2) is 66.2 Å². The molecular weight excluding hydrogens is 254 g/mol. The normalized spacial score (nSPS) is 10.7. The number of nitrogens with zero attached hydrogens (tertiary/aromatic N) is 4. The molecule has 0 aromatic carbocycles. The van der Waals surface area contributed by atoms with Crippen molar-refractivity contribution >= 4 is 11.7 Å². The Bertz CT molecular complexity index is 405. The first kappa shape index (κ1) is 16.4. The Labute approximate surface area is 121 Å². The second-order valence-electron chi connectivity index (χ2n) is 4.86. The molecule has 0 spiro atoms. The van der Waals surface area contributed by atoms with Crippen molar-refractivity contribution in [2.45, 2.75) is 20.3 Å². The molecule has 1 heterocycles. The van der Waals surface area contributed by atoms with Crippen LogP contribution in [-0.2, 0) is 0 Å². The second-order valence-corrected chi connectivity index (χ2v) is 4.86. The summed E-state index contributed by atoms with van der Waals surface area (Å²) in [4.78, 5) is 15.5. The number of hydrogen-bond acceptors (Lipinski definition) is 5. The molecule has 0 atom stereocenters. The molecule has 0 radical (unpaired) electrons. The van der Waals surface area contributed by atoms with Crippen molar-refractivity contribution in [1.82, 2.24) is 20.0 Å². The minimum Gasteiger partial charge on any atom is -0.367 e. The summed E-state index contributed by atoms with van der Waals surface area (Å²) in [6, 6.07) is 3.49. The van der Waals surface area contributed by atoms with Gasteiger partial charge in [0, 0.05) is 27.2 Å². The van der Waals surface area contributed by atoms with Crippen LogP contribution < -0.4 is 5.32 Å². The smallest absolute Gasteiger partial charge is 0.273 e. The standard InChI is InChI=1S/C14H25N5O/c1-5-10-19(6-2)11-9-15-13-8-7-12(16-17-13)14(20)18(3)4/h7-8H,5-6,9-11H2,1-4H3,(H,15,17). The van der Waals surface area contributed by atoms with Gasteiger partial charge >= 0.3 is 0 Å². The lowest BCUT2D eigenvalue weighted by molar-refractivity contribution is 0.0821. The van der Waals surface area contributed by atoms with E-state index < -0.39 is 0 Å². The summed E-state index contributed by atoms with van der Waals surface area (Å²) in [7, 11) is 3.40. The SMILES string of the molecule is CCCN(CC)CCNc1ccc(C(=O)N(C)C)nn1. The molecule has 0 saturated carbocycles. The highest BCUT2D eigenvalue weighted by Crippen LogP contribution is 2.03. The zero-order chi connectivity index (χ0) is 15.0. The molecular formula is C14H25N5O. The van der Waals surface area contributed by atoms with Crippen LogP contribution in [0.5, 0.6) is 0 Å². The van der Waals surface area contributed by atoms with Gasteiger partial charge in [-0.3, -0.25) is 4.79 Å². The summed E-state index contributed by atoms with van der Waals surface area (Å²) < 4.78 is 0. The summed E-state index contributed by atoms with van der Waals surface area (Å²) in [6.07, 6.45) is 1.16. The third kappa shape index (κ3) is 5.13. The van der Waals surface area contributed by atoms with Crippen LogP contribution in [0.15, 0.2) is 12.1 Å². The molecule has 112 valence electrons. The highest BCUT2D eigenvalue weighted by molar-refractivity contribution is 5.91. The van der Waals surface area contributed by atoms with Crippen molar-refractivity contribution in [3.63, 3.8) is 0 Å². The predicted octanol–water partition coefficient (Wildman–Crippen LogP) is 1.32. The number of anilines is 1. The molecule has 20 heavy (non-hydrogen) atoms. The monoisotopic (exact) mass is 279 g/mol. The summed E-state index contributed by atoms with van der Waals surface area (Å²) >= 11 is 0. The van der Waals surface area contributed by atoms with E-state index in [1.54, 1.807) is 26.2 Å². The van der Waals surface area contributed by atoms with E-state index in [4.69, 9.17) is 0 Å². The van der Waals surface area contributed by atoms with E-state index >= 15 is 0 Å². The Hall–Kier alpha value is -1.69. The largest absolute Gasteiger partial charge is 0.367 e. The van der Waals surface area contributed by atoms with Crippen LogP contribution in [0, 0.1) is 0 Å². The topological polar surface area (TPSA) is 61.4 Å². The number of carbonyl (C=O) groups is 1. The lowest BCUT2D eigenvalue weighted by Crippen LogP contribution is -2.29. The highest BCUT2D eigenvalue weighted by Gasteiger charge is 2.09. The number of nitrogens with one attached hydrogen (secondary N) is 1. The average Bonchev–Trinajstić information content (AvgIpc) is 2.46. The van der Waals surface area contributed by atoms with Crippen LogP contribution >= 0.6 is 0 Å². The van der Waals surface area contributed by atoms with Crippen molar-refractivity contribution in [3.8, 4) is 0 Å². The van der Waals surface area contributed by atoms with E-state index in [-0.39, 0.29) is 5.91 Å². The number of amides is 1. The van der Waals surface area contributed by atoms with Crippen LogP contribution in [0.2, 0.25) is 0 Å². The molecule has 6 heteroatoms. The van der Waals surface area contributed by atoms with Crippen molar-refractivity contribution in [3.05, 3.63) is 17.8 Å². The Balaban J connectivity index is 2.44. The zero-order valence-corrected chi connectivity index (χ0v) is 12.9. The van der Waals surface area contributed by atoms with E-state index in [1.807, 2.05) is 0 Å². The Kier molecular flexibility index (Phi) is 6.93. The lowest BCUT2D eigenvalue weighted by atomic mass is 10.3. The van der Waals surface area contributed by atoms with Gasteiger partial charge in [0.1, 0.15) is 5.82 Å². The minimum absolute atomic E-state index is 0.135. The minimum atomic E-state index is -0.135. The fraction of sp³-hybridized carbons (Fsp3) is 0.643. The molecule has 0 aliphatic rings. The Morgan fingerprint density at radius 2 is 1.95 bits per heavy atom. The highest BCUT2D eigenvalue weighted by atomic mass is 16.2. The fourth-order valence-corrected chi connectivity index (χ4v) is 1.86. The molecule has 0 aliphatic carbocycles. The average molecular weight is 279 g/mol. The predicted molar refractivity (Wildman–Crippen MR) is 80.9 cm³/mol. The molecule has 0 bridgehead atoms. The molecule has 0 unspecified atom stereocenters. The molecule has 1 rings (SSSR count). The maximum absolute atomic E-state index is 11.7. The van der Waals surface area contributed by atoms with Crippen LogP contribution in [0.25, 0.3) is 0 Å². The van der Waals surface area contributed by atoms with Crippen molar-refractivity contribution < 1.29 is 4.79 Å². The van der Waals surface area contributed by atoms with Gasteiger partial charge in [-0.25, -0.2) is 0 Å².